The molecule has 3 heterocycles. The molecule has 8 heteroatoms. The average Bonchev–Trinajstić information content (AvgIpc) is 3.25. The number of benzene rings is 1. The molecule has 6 nitrogen and oxygen atoms in total. The van der Waals surface area contributed by atoms with Crippen LogP contribution in [0.1, 0.15) is 50.9 Å². The standard InChI is InChI=1S/C22H21N3O3S2/c1-2-24-21(28)17-15-9-5-6-10-16(15)30-18(17)23-22(24)29-12-11-25-19(26)13-7-3-4-8-14(13)20(25)27/h3-4,7-8H,2,5-6,9-12H2,1H3. The summed E-state index contributed by atoms with van der Waals surface area (Å²) in [7, 11) is 0. The molecule has 2 amide bonds. The number of aryl methyl sites for hydroxylation is 2. The highest BCUT2D eigenvalue weighted by Crippen LogP contribution is 2.34. The smallest absolute Gasteiger partial charge is 0.263 e. The van der Waals surface area contributed by atoms with E-state index in [2.05, 4.69) is 0 Å². The second-order valence-electron chi connectivity index (χ2n) is 7.49. The van der Waals surface area contributed by atoms with E-state index in [4.69, 9.17) is 4.98 Å². The average molecular weight is 440 g/mol. The summed E-state index contributed by atoms with van der Waals surface area (Å²) in [6.45, 7) is 2.78. The fraction of sp³-hybridized carbons (Fsp3) is 0.364. The van der Waals surface area contributed by atoms with Crippen LogP contribution < -0.4 is 5.56 Å². The molecule has 30 heavy (non-hydrogen) atoms. The van der Waals surface area contributed by atoms with Crippen LogP contribution >= 0.6 is 23.1 Å². The van der Waals surface area contributed by atoms with Crippen molar-refractivity contribution in [1.29, 1.82) is 0 Å². The Hall–Kier alpha value is -2.45. The highest BCUT2D eigenvalue weighted by Gasteiger charge is 2.34. The molecule has 0 saturated carbocycles. The van der Waals surface area contributed by atoms with Crippen LogP contribution in [-0.4, -0.2) is 38.6 Å². The maximum Gasteiger partial charge on any atom is 0.263 e. The van der Waals surface area contributed by atoms with Crippen molar-refractivity contribution in [3.8, 4) is 0 Å². The Balaban J connectivity index is 1.39. The van der Waals surface area contributed by atoms with Gasteiger partial charge in [-0.3, -0.25) is 23.9 Å². The molecule has 0 unspecified atom stereocenters. The van der Waals surface area contributed by atoms with Crippen molar-refractivity contribution in [2.75, 3.05) is 12.3 Å². The first-order valence-electron chi connectivity index (χ1n) is 10.2. The van der Waals surface area contributed by atoms with E-state index in [1.165, 1.54) is 33.5 Å². The Kier molecular flexibility index (Phi) is 4.99. The molecule has 2 aliphatic rings. The van der Waals surface area contributed by atoms with Crippen molar-refractivity contribution in [3.05, 3.63) is 56.2 Å². The lowest BCUT2D eigenvalue weighted by Crippen LogP contribution is -2.32. The summed E-state index contributed by atoms with van der Waals surface area (Å²) in [5, 5.41) is 1.45. The van der Waals surface area contributed by atoms with Crippen LogP contribution in [-0.2, 0) is 19.4 Å². The van der Waals surface area contributed by atoms with Crippen molar-refractivity contribution in [2.45, 2.75) is 44.3 Å². The van der Waals surface area contributed by atoms with Gasteiger partial charge in [-0.15, -0.1) is 11.3 Å². The van der Waals surface area contributed by atoms with Gasteiger partial charge in [0.1, 0.15) is 4.83 Å². The third-order valence-electron chi connectivity index (χ3n) is 5.78. The van der Waals surface area contributed by atoms with Gasteiger partial charge < -0.3 is 0 Å². The third-order valence-corrected chi connectivity index (χ3v) is 7.92. The second-order valence-corrected chi connectivity index (χ2v) is 9.64. The molecule has 154 valence electrons. The molecule has 0 bridgehead atoms. The summed E-state index contributed by atoms with van der Waals surface area (Å²) in [5.74, 6) is -0.00837. The summed E-state index contributed by atoms with van der Waals surface area (Å²) >= 11 is 3.07. The highest BCUT2D eigenvalue weighted by molar-refractivity contribution is 7.99. The van der Waals surface area contributed by atoms with Crippen molar-refractivity contribution >= 4 is 45.1 Å². The van der Waals surface area contributed by atoms with Crippen LogP contribution in [0.25, 0.3) is 10.2 Å². The van der Waals surface area contributed by atoms with Crippen LogP contribution in [0.5, 0.6) is 0 Å². The minimum Gasteiger partial charge on any atom is -0.287 e. The van der Waals surface area contributed by atoms with Crippen LogP contribution in [0.3, 0.4) is 0 Å². The lowest BCUT2D eigenvalue weighted by Gasteiger charge is -2.15. The zero-order valence-electron chi connectivity index (χ0n) is 16.6. The van der Waals surface area contributed by atoms with Gasteiger partial charge in [-0.1, -0.05) is 23.9 Å². The maximum atomic E-state index is 13.2. The molecule has 0 N–H and O–H groups in total. The fourth-order valence-electron chi connectivity index (χ4n) is 4.28. The van der Waals surface area contributed by atoms with Crippen molar-refractivity contribution in [2.24, 2.45) is 0 Å². The Labute approximate surface area is 181 Å². The topological polar surface area (TPSA) is 72.3 Å². The molecular weight excluding hydrogens is 418 g/mol. The largest absolute Gasteiger partial charge is 0.287 e. The number of nitrogens with zero attached hydrogens (tertiary/aromatic N) is 3. The van der Waals surface area contributed by atoms with Gasteiger partial charge in [0.15, 0.2) is 5.16 Å². The van der Waals surface area contributed by atoms with Crippen molar-refractivity contribution in [1.82, 2.24) is 14.5 Å². The normalized spacial score (nSPS) is 15.7. The van der Waals surface area contributed by atoms with Gasteiger partial charge in [-0.25, -0.2) is 4.98 Å². The molecule has 0 atom stereocenters. The number of hydrogen-bond acceptors (Lipinski definition) is 6. The Morgan fingerprint density at radius 3 is 2.47 bits per heavy atom. The van der Waals surface area contributed by atoms with E-state index in [1.807, 2.05) is 6.92 Å². The number of thioether (sulfide) groups is 1. The lowest BCUT2D eigenvalue weighted by molar-refractivity contribution is 0.0664. The third kappa shape index (κ3) is 3.01. The zero-order chi connectivity index (χ0) is 20.8. The first kappa shape index (κ1) is 19.5. The number of aromatic nitrogens is 2. The number of carbonyl (C=O) groups excluding carboxylic acids is 2. The predicted molar refractivity (Wildman–Crippen MR) is 119 cm³/mol. The number of carbonyl (C=O) groups is 2. The summed E-state index contributed by atoms with van der Waals surface area (Å²) in [4.78, 5) is 46.5. The van der Waals surface area contributed by atoms with Gasteiger partial charge in [-0.2, -0.15) is 0 Å². The molecule has 0 saturated heterocycles. The molecule has 5 rings (SSSR count). The minimum atomic E-state index is -0.251. The second kappa shape index (κ2) is 7.67. The molecule has 2 aromatic heterocycles. The van der Waals surface area contributed by atoms with E-state index < -0.39 is 0 Å². The quantitative estimate of drug-likeness (QED) is 0.344. The highest BCUT2D eigenvalue weighted by atomic mass is 32.2. The summed E-state index contributed by atoms with van der Waals surface area (Å²) in [6.07, 6.45) is 4.29. The number of hydrogen-bond donors (Lipinski definition) is 0. The molecule has 1 aromatic carbocycles. The molecule has 0 spiro atoms. The number of fused-ring (bicyclic) bond motifs is 4. The van der Waals surface area contributed by atoms with E-state index in [1.54, 1.807) is 40.2 Å². The Morgan fingerprint density at radius 2 is 1.77 bits per heavy atom. The first-order chi connectivity index (χ1) is 14.6. The Morgan fingerprint density at radius 1 is 1.07 bits per heavy atom. The molecule has 0 fully saturated rings. The molecule has 1 aliphatic carbocycles. The van der Waals surface area contributed by atoms with Gasteiger partial charge in [0.25, 0.3) is 17.4 Å². The fourth-order valence-corrected chi connectivity index (χ4v) is 6.57. The summed E-state index contributed by atoms with van der Waals surface area (Å²) in [6, 6.07) is 6.90. The molecule has 0 radical (unpaired) electrons. The van der Waals surface area contributed by atoms with Crippen molar-refractivity contribution in [3.63, 3.8) is 0 Å². The molecular formula is C22H21N3O3S2. The van der Waals surface area contributed by atoms with E-state index in [0.29, 0.717) is 28.6 Å². The number of thiophene rings is 1. The lowest BCUT2D eigenvalue weighted by atomic mass is 9.97. The van der Waals surface area contributed by atoms with E-state index in [9.17, 15) is 14.4 Å². The van der Waals surface area contributed by atoms with Gasteiger partial charge in [0.2, 0.25) is 0 Å². The van der Waals surface area contributed by atoms with E-state index >= 15 is 0 Å². The summed E-state index contributed by atoms with van der Waals surface area (Å²) in [5.41, 5.74) is 2.15. The zero-order valence-corrected chi connectivity index (χ0v) is 18.3. The van der Waals surface area contributed by atoms with Gasteiger partial charge in [0.05, 0.1) is 16.5 Å². The molecule has 3 aromatic rings. The van der Waals surface area contributed by atoms with Gasteiger partial charge in [-0.05, 0) is 50.3 Å². The van der Waals surface area contributed by atoms with Crippen LogP contribution in [0.4, 0.5) is 0 Å². The van der Waals surface area contributed by atoms with Gasteiger partial charge in [0, 0.05) is 23.7 Å². The minimum absolute atomic E-state index is 0.0325. The van der Waals surface area contributed by atoms with Gasteiger partial charge >= 0.3 is 0 Å². The predicted octanol–water partition coefficient (Wildman–Crippen LogP) is 3.75. The monoisotopic (exact) mass is 439 g/mol. The van der Waals surface area contributed by atoms with Crippen LogP contribution in [0.2, 0.25) is 0 Å². The van der Waals surface area contributed by atoms with Crippen LogP contribution in [0.15, 0.2) is 34.2 Å². The summed E-state index contributed by atoms with van der Waals surface area (Å²) < 4.78 is 1.72. The number of rotatable bonds is 5. The number of imide groups is 1. The van der Waals surface area contributed by atoms with Crippen LogP contribution in [0, 0.1) is 0 Å². The Bertz CT molecular complexity index is 1210. The maximum absolute atomic E-state index is 13.2. The SMILES string of the molecule is CCn1c(SCCN2C(=O)c3ccccc3C2=O)nc2sc3c(c2c1=O)CCCC3. The van der Waals surface area contributed by atoms with Crippen molar-refractivity contribution < 1.29 is 9.59 Å². The van der Waals surface area contributed by atoms with E-state index in [0.717, 1.165) is 29.5 Å². The first-order valence-corrected chi connectivity index (χ1v) is 12.0. The molecule has 1 aliphatic heterocycles. The van der Waals surface area contributed by atoms with E-state index in [-0.39, 0.29) is 23.9 Å². The number of amides is 2.